The molecule has 6 heteroatoms. The average Bonchev–Trinajstić information content (AvgIpc) is 2.97. The van der Waals surface area contributed by atoms with Gasteiger partial charge in [0.1, 0.15) is 18.0 Å². The molecule has 1 saturated heterocycles. The molecule has 0 amide bonds. The summed E-state index contributed by atoms with van der Waals surface area (Å²) < 4.78 is 37.4. The van der Waals surface area contributed by atoms with Gasteiger partial charge in [0.25, 0.3) is 0 Å². The normalized spacial score (nSPS) is 26.8. The average molecular weight is 355 g/mol. The Kier molecular flexibility index (Phi) is 6.25. The van der Waals surface area contributed by atoms with Crippen LogP contribution in [0.1, 0.15) is 38.5 Å². The topological polar surface area (TPSA) is 41.9 Å². The molecule has 1 heterocycles. The van der Waals surface area contributed by atoms with Gasteiger partial charge in [-0.05, 0) is 25.0 Å². The lowest BCUT2D eigenvalue weighted by molar-refractivity contribution is -0.0676. The monoisotopic (exact) mass is 355 g/mol. The summed E-state index contributed by atoms with van der Waals surface area (Å²) in [5, 5.41) is 10.9. The number of ether oxygens (including phenoxy) is 2. The number of β-amino-alcohol motifs (C(OH)–C–C–N with tert-alkyl or cyclic N) is 1. The van der Waals surface area contributed by atoms with E-state index in [2.05, 4.69) is 4.90 Å². The number of nitrogens with zero attached hydrogens (tertiary/aromatic N) is 1. The van der Waals surface area contributed by atoms with E-state index >= 15 is 0 Å². The quantitative estimate of drug-likeness (QED) is 0.843. The third-order valence-electron chi connectivity index (χ3n) is 5.13. The smallest absolute Gasteiger partial charge is 0.162 e. The van der Waals surface area contributed by atoms with Gasteiger partial charge >= 0.3 is 0 Å². The van der Waals surface area contributed by atoms with Gasteiger partial charge in [-0.3, -0.25) is 4.90 Å². The molecule has 1 aliphatic heterocycles. The summed E-state index contributed by atoms with van der Waals surface area (Å²) in [4.78, 5) is 2.31. The van der Waals surface area contributed by atoms with Gasteiger partial charge in [0, 0.05) is 25.2 Å². The van der Waals surface area contributed by atoms with Crippen molar-refractivity contribution >= 4 is 0 Å². The summed E-state index contributed by atoms with van der Waals surface area (Å²) in [5.41, 5.74) is -1.16. The van der Waals surface area contributed by atoms with Crippen LogP contribution in [-0.2, 0) is 4.74 Å². The zero-order valence-electron chi connectivity index (χ0n) is 14.6. The molecule has 0 unspecified atom stereocenters. The SMILES string of the molecule is O[C@@]1(COc2ccc(F)c(F)c2)COCCN(C2CCCCCC2)C1. The first-order chi connectivity index (χ1) is 12.1. The molecule has 1 atom stereocenters. The van der Waals surface area contributed by atoms with Gasteiger partial charge in [-0.15, -0.1) is 0 Å². The van der Waals surface area contributed by atoms with E-state index in [-0.39, 0.29) is 19.0 Å². The van der Waals surface area contributed by atoms with Crippen molar-refractivity contribution in [3.8, 4) is 5.75 Å². The highest BCUT2D eigenvalue weighted by Crippen LogP contribution is 2.25. The minimum Gasteiger partial charge on any atom is -0.490 e. The van der Waals surface area contributed by atoms with Crippen LogP contribution in [0.5, 0.6) is 5.75 Å². The molecule has 25 heavy (non-hydrogen) atoms. The van der Waals surface area contributed by atoms with E-state index in [0.717, 1.165) is 31.5 Å². The molecule has 3 rings (SSSR count). The highest BCUT2D eigenvalue weighted by atomic mass is 19.2. The van der Waals surface area contributed by atoms with Gasteiger partial charge in [0.05, 0.1) is 13.2 Å². The molecule has 140 valence electrons. The Balaban J connectivity index is 1.62. The van der Waals surface area contributed by atoms with Crippen molar-refractivity contribution in [2.24, 2.45) is 0 Å². The summed E-state index contributed by atoms with van der Waals surface area (Å²) in [6, 6.07) is 3.86. The van der Waals surface area contributed by atoms with Crippen LogP contribution < -0.4 is 4.74 Å². The van der Waals surface area contributed by atoms with Crippen LogP contribution in [-0.4, -0.2) is 54.6 Å². The molecule has 1 aromatic carbocycles. The Labute approximate surface area is 147 Å². The van der Waals surface area contributed by atoms with Crippen molar-refractivity contribution < 1.29 is 23.4 Å². The molecule has 1 N–H and O–H groups in total. The molecule has 0 aromatic heterocycles. The number of benzene rings is 1. The third-order valence-corrected chi connectivity index (χ3v) is 5.13. The standard InChI is InChI=1S/C19H27F2NO3/c20-17-8-7-16(11-18(17)21)25-14-19(23)12-22(9-10-24-13-19)15-5-3-1-2-4-6-15/h7-8,11,15,23H,1-6,9-10,12-14H2/t19-/m1/s1. The van der Waals surface area contributed by atoms with Crippen LogP contribution >= 0.6 is 0 Å². The Morgan fingerprint density at radius 2 is 1.92 bits per heavy atom. The highest BCUT2D eigenvalue weighted by molar-refractivity contribution is 5.23. The van der Waals surface area contributed by atoms with Crippen LogP contribution in [0.3, 0.4) is 0 Å². The Hall–Kier alpha value is -1.24. The van der Waals surface area contributed by atoms with Gasteiger partial charge in [0.2, 0.25) is 0 Å². The maximum Gasteiger partial charge on any atom is 0.162 e. The highest BCUT2D eigenvalue weighted by Gasteiger charge is 2.36. The fourth-order valence-electron chi connectivity index (χ4n) is 3.75. The van der Waals surface area contributed by atoms with Crippen molar-refractivity contribution in [1.82, 2.24) is 4.90 Å². The fourth-order valence-corrected chi connectivity index (χ4v) is 3.75. The minimum atomic E-state index is -1.16. The van der Waals surface area contributed by atoms with E-state index in [9.17, 15) is 13.9 Å². The second-order valence-electron chi connectivity index (χ2n) is 7.26. The van der Waals surface area contributed by atoms with E-state index in [1.54, 1.807) is 0 Å². The number of halogens is 2. The predicted molar refractivity (Wildman–Crippen MR) is 90.7 cm³/mol. The van der Waals surface area contributed by atoms with Crippen molar-refractivity contribution in [1.29, 1.82) is 0 Å². The Bertz CT molecular complexity index is 564. The molecule has 4 nitrogen and oxygen atoms in total. The maximum atomic E-state index is 13.3. The largest absolute Gasteiger partial charge is 0.490 e. The van der Waals surface area contributed by atoms with Crippen LogP contribution in [0.2, 0.25) is 0 Å². The van der Waals surface area contributed by atoms with E-state index < -0.39 is 17.2 Å². The van der Waals surface area contributed by atoms with Gasteiger partial charge in [-0.2, -0.15) is 0 Å². The Morgan fingerprint density at radius 1 is 1.16 bits per heavy atom. The number of rotatable bonds is 4. The lowest BCUT2D eigenvalue weighted by Gasteiger charge is -2.35. The first-order valence-electron chi connectivity index (χ1n) is 9.18. The minimum absolute atomic E-state index is 0.0126. The molecule has 1 aromatic rings. The zero-order chi connectivity index (χ0) is 17.7. The molecule has 1 aliphatic carbocycles. The summed E-state index contributed by atoms with van der Waals surface area (Å²) in [7, 11) is 0. The van der Waals surface area contributed by atoms with E-state index in [4.69, 9.17) is 9.47 Å². The van der Waals surface area contributed by atoms with E-state index in [1.807, 2.05) is 0 Å². The summed E-state index contributed by atoms with van der Waals surface area (Å²) in [6.45, 7) is 2.03. The molecule has 1 saturated carbocycles. The van der Waals surface area contributed by atoms with Gasteiger partial charge in [-0.1, -0.05) is 25.7 Å². The van der Waals surface area contributed by atoms with Gasteiger partial charge < -0.3 is 14.6 Å². The van der Waals surface area contributed by atoms with E-state index in [1.165, 1.54) is 31.7 Å². The fraction of sp³-hybridized carbons (Fsp3) is 0.684. The van der Waals surface area contributed by atoms with Crippen LogP contribution in [0.25, 0.3) is 0 Å². The lowest BCUT2D eigenvalue weighted by Crippen LogP contribution is -2.51. The Morgan fingerprint density at radius 3 is 2.64 bits per heavy atom. The second kappa shape index (κ2) is 8.43. The number of hydrogen-bond donors (Lipinski definition) is 1. The predicted octanol–water partition coefficient (Wildman–Crippen LogP) is 3.13. The summed E-state index contributed by atoms with van der Waals surface area (Å²) in [5.74, 6) is -1.66. The van der Waals surface area contributed by atoms with Crippen molar-refractivity contribution in [2.75, 3.05) is 32.9 Å². The number of aliphatic hydroxyl groups is 1. The van der Waals surface area contributed by atoms with Gasteiger partial charge in [0.15, 0.2) is 11.6 Å². The lowest BCUT2D eigenvalue weighted by atomic mass is 10.0. The molecular formula is C19H27F2NO3. The molecule has 2 fully saturated rings. The van der Waals surface area contributed by atoms with Crippen LogP contribution in [0.4, 0.5) is 8.78 Å². The maximum absolute atomic E-state index is 13.3. The second-order valence-corrected chi connectivity index (χ2v) is 7.26. The molecule has 0 spiro atoms. The summed E-state index contributed by atoms with van der Waals surface area (Å²) in [6.07, 6.45) is 7.33. The van der Waals surface area contributed by atoms with Crippen LogP contribution in [0, 0.1) is 11.6 Å². The molecule has 0 bridgehead atoms. The van der Waals surface area contributed by atoms with Crippen molar-refractivity contribution in [2.45, 2.75) is 50.2 Å². The summed E-state index contributed by atoms with van der Waals surface area (Å²) >= 11 is 0. The molecular weight excluding hydrogens is 328 g/mol. The first kappa shape index (κ1) is 18.5. The first-order valence-corrected chi connectivity index (χ1v) is 9.18. The van der Waals surface area contributed by atoms with Crippen LogP contribution in [0.15, 0.2) is 18.2 Å². The number of hydrogen-bond acceptors (Lipinski definition) is 4. The third kappa shape index (κ3) is 5.12. The van der Waals surface area contributed by atoms with Gasteiger partial charge in [-0.25, -0.2) is 8.78 Å². The van der Waals surface area contributed by atoms with Crippen molar-refractivity contribution in [3.05, 3.63) is 29.8 Å². The zero-order valence-corrected chi connectivity index (χ0v) is 14.6. The van der Waals surface area contributed by atoms with Crippen molar-refractivity contribution in [3.63, 3.8) is 0 Å². The molecule has 0 radical (unpaired) electrons. The van der Waals surface area contributed by atoms with E-state index in [0.29, 0.717) is 19.2 Å². The molecule has 2 aliphatic rings.